The second-order valence-corrected chi connectivity index (χ2v) is 7.19. The Morgan fingerprint density at radius 1 is 1.21 bits per heavy atom. The van der Waals surface area contributed by atoms with Crippen LogP contribution in [0.25, 0.3) is 5.65 Å². The molecule has 1 amide bonds. The third-order valence-corrected chi connectivity index (χ3v) is 4.62. The predicted molar refractivity (Wildman–Crippen MR) is 101 cm³/mol. The van der Waals surface area contributed by atoms with Gasteiger partial charge in [-0.2, -0.15) is 0 Å². The lowest BCUT2D eigenvalue weighted by Crippen LogP contribution is -2.15. The van der Waals surface area contributed by atoms with E-state index in [4.69, 9.17) is 0 Å². The van der Waals surface area contributed by atoms with Crippen molar-refractivity contribution < 1.29 is 4.79 Å². The monoisotopic (exact) mass is 385 g/mol. The second kappa shape index (κ2) is 6.40. The van der Waals surface area contributed by atoms with Crippen LogP contribution < -0.4 is 5.32 Å². The van der Waals surface area contributed by atoms with Crippen LogP contribution in [0, 0.1) is 13.8 Å². The van der Waals surface area contributed by atoms with Gasteiger partial charge < -0.3 is 5.32 Å². The van der Waals surface area contributed by atoms with E-state index >= 15 is 0 Å². The number of benzene rings is 1. The standard InChI is InChI=1S/C19H20BrN3O/c1-11(2)14-5-7-15(8-6-14)22-19(24)17-13(4)21-18-16(20)9-12(3)10-23(17)18/h5-11H,1-4H3,(H,22,24). The van der Waals surface area contributed by atoms with Gasteiger partial charge in [0.1, 0.15) is 5.69 Å². The number of rotatable bonds is 3. The molecule has 1 aromatic carbocycles. The summed E-state index contributed by atoms with van der Waals surface area (Å²) in [5.74, 6) is 0.311. The Morgan fingerprint density at radius 3 is 2.50 bits per heavy atom. The number of carbonyl (C=O) groups excluding carboxylic acids is 1. The lowest BCUT2D eigenvalue weighted by atomic mass is 10.0. The van der Waals surface area contributed by atoms with Gasteiger partial charge >= 0.3 is 0 Å². The molecule has 3 rings (SSSR count). The van der Waals surface area contributed by atoms with Crippen LogP contribution in [0.2, 0.25) is 0 Å². The Morgan fingerprint density at radius 2 is 1.88 bits per heavy atom. The van der Waals surface area contributed by atoms with Gasteiger partial charge in [0.2, 0.25) is 0 Å². The fourth-order valence-corrected chi connectivity index (χ4v) is 3.40. The fraction of sp³-hybridized carbons (Fsp3) is 0.263. The number of nitrogens with zero attached hydrogens (tertiary/aromatic N) is 2. The van der Waals surface area contributed by atoms with Crippen LogP contribution >= 0.6 is 15.9 Å². The normalized spacial score (nSPS) is 11.2. The van der Waals surface area contributed by atoms with E-state index in [9.17, 15) is 4.79 Å². The molecule has 1 N–H and O–H groups in total. The van der Waals surface area contributed by atoms with E-state index in [1.807, 2.05) is 54.8 Å². The molecule has 0 aliphatic heterocycles. The van der Waals surface area contributed by atoms with Crippen LogP contribution in [0.4, 0.5) is 5.69 Å². The van der Waals surface area contributed by atoms with Crippen LogP contribution in [0.1, 0.15) is 47.1 Å². The van der Waals surface area contributed by atoms with Crippen molar-refractivity contribution in [1.82, 2.24) is 9.38 Å². The first-order valence-corrected chi connectivity index (χ1v) is 8.72. The summed E-state index contributed by atoms with van der Waals surface area (Å²) in [6.07, 6.45) is 1.93. The van der Waals surface area contributed by atoms with Crippen LogP contribution in [0.15, 0.2) is 41.0 Å². The molecule has 0 saturated heterocycles. The van der Waals surface area contributed by atoms with Crippen LogP contribution in [0.5, 0.6) is 0 Å². The van der Waals surface area contributed by atoms with E-state index in [0.29, 0.717) is 17.3 Å². The van der Waals surface area contributed by atoms with Gasteiger partial charge in [-0.3, -0.25) is 9.20 Å². The summed E-state index contributed by atoms with van der Waals surface area (Å²) in [5, 5.41) is 2.97. The van der Waals surface area contributed by atoms with E-state index in [1.54, 1.807) is 0 Å². The summed E-state index contributed by atoms with van der Waals surface area (Å²) in [7, 11) is 0. The number of carbonyl (C=O) groups is 1. The summed E-state index contributed by atoms with van der Waals surface area (Å²) in [6, 6.07) is 9.96. The number of fused-ring (bicyclic) bond motifs is 1. The minimum atomic E-state index is -0.158. The van der Waals surface area contributed by atoms with E-state index in [1.165, 1.54) is 5.56 Å². The topological polar surface area (TPSA) is 46.4 Å². The lowest BCUT2D eigenvalue weighted by molar-refractivity contribution is 0.102. The number of hydrogen-bond donors (Lipinski definition) is 1. The number of anilines is 1. The van der Waals surface area contributed by atoms with Crippen molar-refractivity contribution in [3.8, 4) is 0 Å². The second-order valence-electron chi connectivity index (χ2n) is 6.34. The Bertz CT molecular complexity index is 911. The van der Waals surface area contributed by atoms with E-state index in [0.717, 1.165) is 21.4 Å². The molecule has 2 heterocycles. The van der Waals surface area contributed by atoms with Gasteiger partial charge in [0.15, 0.2) is 5.65 Å². The molecule has 0 aliphatic rings. The van der Waals surface area contributed by atoms with Crippen molar-refractivity contribution in [2.75, 3.05) is 5.32 Å². The van der Waals surface area contributed by atoms with Gasteiger partial charge in [-0.05, 0) is 65.0 Å². The summed E-state index contributed by atoms with van der Waals surface area (Å²) in [5.41, 5.74) is 5.10. The molecule has 2 aromatic heterocycles. The Labute approximate surface area is 150 Å². The van der Waals surface area contributed by atoms with Crippen molar-refractivity contribution in [3.63, 3.8) is 0 Å². The zero-order chi connectivity index (χ0) is 17.4. The van der Waals surface area contributed by atoms with Gasteiger partial charge in [0.25, 0.3) is 5.91 Å². The number of imidazole rings is 1. The minimum absolute atomic E-state index is 0.158. The maximum Gasteiger partial charge on any atom is 0.274 e. The highest BCUT2D eigenvalue weighted by Crippen LogP contribution is 2.23. The fourth-order valence-electron chi connectivity index (χ4n) is 2.76. The molecule has 3 aromatic rings. The number of halogens is 1. The van der Waals surface area contributed by atoms with E-state index in [2.05, 4.69) is 40.1 Å². The van der Waals surface area contributed by atoms with Crippen LogP contribution in [-0.4, -0.2) is 15.3 Å². The van der Waals surface area contributed by atoms with Crippen molar-refractivity contribution >= 4 is 33.2 Å². The van der Waals surface area contributed by atoms with Crippen molar-refractivity contribution in [2.24, 2.45) is 0 Å². The van der Waals surface area contributed by atoms with E-state index in [-0.39, 0.29) is 5.91 Å². The molecule has 0 spiro atoms. The highest BCUT2D eigenvalue weighted by molar-refractivity contribution is 9.10. The first kappa shape index (κ1) is 16.7. The molecule has 0 saturated carbocycles. The highest BCUT2D eigenvalue weighted by Gasteiger charge is 2.18. The third kappa shape index (κ3) is 3.08. The number of aromatic nitrogens is 2. The SMILES string of the molecule is Cc1cc(Br)c2nc(C)c(C(=O)Nc3ccc(C(C)C)cc3)n2c1. The average Bonchev–Trinajstić information content (AvgIpc) is 2.84. The molecule has 0 radical (unpaired) electrons. The van der Waals surface area contributed by atoms with Gasteiger partial charge in [0, 0.05) is 11.9 Å². The molecule has 4 nitrogen and oxygen atoms in total. The Hall–Kier alpha value is -2.14. The summed E-state index contributed by atoms with van der Waals surface area (Å²) >= 11 is 3.52. The Kier molecular flexibility index (Phi) is 4.45. The zero-order valence-electron chi connectivity index (χ0n) is 14.2. The Balaban J connectivity index is 1.95. The van der Waals surface area contributed by atoms with E-state index < -0.39 is 0 Å². The van der Waals surface area contributed by atoms with Crippen molar-refractivity contribution in [1.29, 1.82) is 0 Å². The number of pyridine rings is 1. The molecule has 0 fully saturated rings. The molecule has 124 valence electrons. The van der Waals surface area contributed by atoms with Gasteiger partial charge in [-0.15, -0.1) is 0 Å². The quantitative estimate of drug-likeness (QED) is 0.682. The maximum absolute atomic E-state index is 12.8. The largest absolute Gasteiger partial charge is 0.321 e. The molecular weight excluding hydrogens is 366 g/mol. The van der Waals surface area contributed by atoms with Gasteiger partial charge in [-0.1, -0.05) is 26.0 Å². The van der Waals surface area contributed by atoms with Crippen molar-refractivity contribution in [3.05, 3.63) is 63.5 Å². The highest BCUT2D eigenvalue weighted by atomic mass is 79.9. The molecule has 5 heteroatoms. The van der Waals surface area contributed by atoms with Crippen molar-refractivity contribution in [2.45, 2.75) is 33.6 Å². The van der Waals surface area contributed by atoms with Crippen LogP contribution in [0.3, 0.4) is 0 Å². The number of hydrogen-bond acceptors (Lipinski definition) is 2. The van der Waals surface area contributed by atoms with Gasteiger partial charge in [-0.25, -0.2) is 4.98 Å². The number of aryl methyl sites for hydroxylation is 2. The minimum Gasteiger partial charge on any atom is -0.321 e. The summed E-state index contributed by atoms with van der Waals surface area (Å²) in [4.78, 5) is 17.3. The number of amides is 1. The maximum atomic E-state index is 12.8. The first-order chi connectivity index (χ1) is 11.4. The molecule has 0 atom stereocenters. The zero-order valence-corrected chi connectivity index (χ0v) is 15.8. The predicted octanol–water partition coefficient (Wildman–Crippen LogP) is 5.09. The third-order valence-electron chi connectivity index (χ3n) is 4.04. The first-order valence-electron chi connectivity index (χ1n) is 7.93. The summed E-state index contributed by atoms with van der Waals surface area (Å²) in [6.45, 7) is 8.14. The summed E-state index contributed by atoms with van der Waals surface area (Å²) < 4.78 is 2.72. The molecule has 24 heavy (non-hydrogen) atoms. The molecule has 0 bridgehead atoms. The molecule has 0 aliphatic carbocycles. The van der Waals surface area contributed by atoms with Crippen LogP contribution in [-0.2, 0) is 0 Å². The smallest absolute Gasteiger partial charge is 0.274 e. The lowest BCUT2D eigenvalue weighted by Gasteiger charge is -2.09. The molecule has 0 unspecified atom stereocenters. The average molecular weight is 386 g/mol. The number of nitrogens with one attached hydrogen (secondary N) is 1. The van der Waals surface area contributed by atoms with Gasteiger partial charge in [0.05, 0.1) is 10.2 Å². The molecular formula is C19H20BrN3O.